The summed E-state index contributed by atoms with van der Waals surface area (Å²) < 4.78 is 3.65. The minimum atomic E-state index is -1.17. The van der Waals surface area contributed by atoms with E-state index in [0.29, 0.717) is 0 Å². The van der Waals surface area contributed by atoms with E-state index in [-0.39, 0.29) is 46.5 Å². The van der Waals surface area contributed by atoms with Crippen LogP contribution in [0.25, 0.3) is 0 Å². The van der Waals surface area contributed by atoms with Gasteiger partial charge in [0.25, 0.3) is 0 Å². The third-order valence-electron chi connectivity index (χ3n) is 5.84. The Morgan fingerprint density at radius 2 is 0.793 bits per heavy atom. The second kappa shape index (κ2) is 9.50. The number of halogens is 2. The van der Waals surface area contributed by atoms with Crippen molar-refractivity contribution in [3.8, 4) is 0 Å². The molecular formula is C26H42Cl2Hf. The Bertz CT molecular complexity index is 670. The smallest absolute Gasteiger partial charge is 1.00 e. The van der Waals surface area contributed by atoms with Crippen LogP contribution in [0.1, 0.15) is 95.9 Å². The molecule has 0 bridgehead atoms. The van der Waals surface area contributed by atoms with E-state index in [1.54, 1.807) is 22.3 Å². The predicted molar refractivity (Wildman–Crippen MR) is 117 cm³/mol. The van der Waals surface area contributed by atoms with Gasteiger partial charge in [-0.1, -0.05) is 0 Å². The molecule has 0 spiro atoms. The van der Waals surface area contributed by atoms with E-state index in [2.05, 4.69) is 95.2 Å². The van der Waals surface area contributed by atoms with Crippen molar-refractivity contribution >= 4 is 0 Å². The molecule has 0 aromatic carbocycles. The van der Waals surface area contributed by atoms with Crippen molar-refractivity contribution in [2.45, 2.75) is 95.9 Å². The van der Waals surface area contributed by atoms with Gasteiger partial charge in [0, 0.05) is 0 Å². The van der Waals surface area contributed by atoms with E-state index < -0.39 is 22.9 Å². The zero-order valence-corrected chi connectivity index (χ0v) is 25.9. The standard InChI is InChI=1S/2C13H21.2ClH.Hf/c2*1-12(2,3)10-7-8-11(9-10)13(4,5)6;;;/h2*7H,8H2,1-6H3;2*1H;/q;;;;+2/p-2. The summed E-state index contributed by atoms with van der Waals surface area (Å²) in [6.45, 7) is 28.9. The van der Waals surface area contributed by atoms with Gasteiger partial charge in [-0.2, -0.15) is 0 Å². The molecule has 0 atom stereocenters. The normalized spacial score (nSPS) is 18.2. The molecule has 164 valence electrons. The molecule has 0 radical (unpaired) electrons. The number of hydrogen-bond donors (Lipinski definition) is 0. The molecule has 2 aliphatic carbocycles. The predicted octanol–water partition coefficient (Wildman–Crippen LogP) is 2.43. The molecule has 2 rings (SSSR count). The summed E-state index contributed by atoms with van der Waals surface area (Å²) in [5, 5.41) is 0. The van der Waals surface area contributed by atoms with Gasteiger partial charge in [0.1, 0.15) is 0 Å². The van der Waals surface area contributed by atoms with Gasteiger partial charge >= 0.3 is 182 Å². The fourth-order valence-electron chi connectivity index (χ4n) is 4.28. The molecule has 0 saturated carbocycles. The maximum absolute atomic E-state index is 2.57. The number of rotatable bonds is 2. The molecule has 3 heteroatoms. The van der Waals surface area contributed by atoms with E-state index in [9.17, 15) is 0 Å². The molecule has 0 saturated heterocycles. The largest absolute Gasteiger partial charge is 1.00 e. The molecule has 0 fully saturated rings. The first kappa shape index (κ1) is 29.4. The molecule has 0 N–H and O–H groups in total. The second-order valence-electron chi connectivity index (χ2n) is 12.5. The van der Waals surface area contributed by atoms with Crippen LogP contribution in [0.3, 0.4) is 0 Å². The Morgan fingerprint density at radius 3 is 1.00 bits per heavy atom. The van der Waals surface area contributed by atoms with Crippen LogP contribution >= 0.6 is 0 Å². The van der Waals surface area contributed by atoms with Crippen molar-refractivity contribution in [3.63, 3.8) is 0 Å². The molecule has 0 amide bonds. The van der Waals surface area contributed by atoms with Crippen LogP contribution in [-0.4, -0.2) is 0 Å². The van der Waals surface area contributed by atoms with Gasteiger partial charge in [-0.3, -0.25) is 0 Å². The molecule has 2 aliphatic rings. The van der Waals surface area contributed by atoms with Crippen molar-refractivity contribution in [1.82, 2.24) is 0 Å². The molecule has 0 unspecified atom stereocenters. The van der Waals surface area contributed by atoms with Gasteiger partial charge in [0.05, 0.1) is 0 Å². The molecule has 0 nitrogen and oxygen atoms in total. The SMILES string of the molecule is CC(C)(C)C1=CCC(C(C)(C)C)=[C]1[Hf+2][C]1=C(C(C)(C)C)CC=C1C(C)(C)C.[Cl-].[Cl-]. The fourth-order valence-corrected chi connectivity index (χ4v) is 14.1. The van der Waals surface area contributed by atoms with Gasteiger partial charge < -0.3 is 24.8 Å². The van der Waals surface area contributed by atoms with Crippen LogP contribution in [-0.2, 0) is 22.9 Å². The fraction of sp³-hybridized carbons (Fsp3) is 0.692. The average Bonchev–Trinajstić information content (AvgIpc) is 2.99. The summed E-state index contributed by atoms with van der Waals surface area (Å²) >= 11 is -1.17. The van der Waals surface area contributed by atoms with Crippen LogP contribution in [0.5, 0.6) is 0 Å². The van der Waals surface area contributed by atoms with E-state index in [1.807, 2.05) is 6.66 Å². The Hall–Kier alpha value is 0.410. The Morgan fingerprint density at radius 1 is 0.517 bits per heavy atom. The van der Waals surface area contributed by atoms with E-state index in [0.717, 1.165) is 0 Å². The minimum absolute atomic E-state index is 0. The first-order valence-electron chi connectivity index (χ1n) is 10.6. The van der Waals surface area contributed by atoms with Crippen molar-refractivity contribution in [2.75, 3.05) is 0 Å². The van der Waals surface area contributed by atoms with E-state index >= 15 is 0 Å². The number of hydrogen-bond acceptors (Lipinski definition) is 0. The Labute approximate surface area is 205 Å². The van der Waals surface area contributed by atoms with Crippen LogP contribution in [0.2, 0.25) is 0 Å². The molecule has 29 heavy (non-hydrogen) atoms. The van der Waals surface area contributed by atoms with Gasteiger partial charge in [-0.05, 0) is 0 Å². The van der Waals surface area contributed by atoms with Crippen molar-refractivity contribution in [3.05, 3.63) is 41.1 Å². The van der Waals surface area contributed by atoms with Gasteiger partial charge in [0.15, 0.2) is 0 Å². The Balaban J connectivity index is 0.00000392. The summed E-state index contributed by atoms with van der Waals surface area (Å²) in [6.07, 6.45) is 7.47. The minimum Gasteiger partial charge on any atom is -1.00 e. The maximum atomic E-state index is 2.57. The summed E-state index contributed by atoms with van der Waals surface area (Å²) in [5.74, 6) is 0. The van der Waals surface area contributed by atoms with E-state index in [1.165, 1.54) is 12.8 Å². The summed E-state index contributed by atoms with van der Waals surface area (Å²) in [7, 11) is 0. The first-order chi connectivity index (χ1) is 11.9. The summed E-state index contributed by atoms with van der Waals surface area (Å²) in [4.78, 5) is 0. The average molecular weight is 604 g/mol. The zero-order valence-electron chi connectivity index (χ0n) is 20.8. The second-order valence-corrected chi connectivity index (χ2v) is 17.0. The monoisotopic (exact) mass is 604 g/mol. The molecule has 0 aliphatic heterocycles. The summed E-state index contributed by atoms with van der Waals surface area (Å²) in [6, 6.07) is 0. The third-order valence-corrected chi connectivity index (χ3v) is 11.7. The van der Waals surface area contributed by atoms with Gasteiger partial charge in [-0.15, -0.1) is 0 Å². The molecule has 0 aromatic rings. The van der Waals surface area contributed by atoms with Crippen LogP contribution in [0, 0.1) is 21.7 Å². The van der Waals surface area contributed by atoms with E-state index in [4.69, 9.17) is 0 Å². The number of allylic oxidation sites excluding steroid dienone is 8. The Kier molecular flexibility index (Phi) is 9.63. The van der Waals surface area contributed by atoms with Crippen LogP contribution < -0.4 is 24.8 Å². The molecule has 0 heterocycles. The summed E-state index contributed by atoms with van der Waals surface area (Å²) in [5.41, 5.74) is 7.85. The third kappa shape index (κ3) is 6.69. The van der Waals surface area contributed by atoms with Crippen LogP contribution in [0.4, 0.5) is 0 Å². The molecular weight excluding hydrogens is 562 g/mol. The van der Waals surface area contributed by atoms with Gasteiger partial charge in [0.2, 0.25) is 0 Å². The van der Waals surface area contributed by atoms with Crippen molar-refractivity contribution < 1.29 is 47.7 Å². The molecule has 0 aromatic heterocycles. The maximum Gasteiger partial charge on any atom is -1.00 e. The van der Waals surface area contributed by atoms with Crippen molar-refractivity contribution in [1.29, 1.82) is 0 Å². The zero-order chi connectivity index (χ0) is 21.0. The van der Waals surface area contributed by atoms with Gasteiger partial charge in [-0.25, -0.2) is 0 Å². The van der Waals surface area contributed by atoms with Crippen molar-refractivity contribution in [2.24, 2.45) is 21.7 Å². The topological polar surface area (TPSA) is 0 Å². The first-order valence-corrected chi connectivity index (χ1v) is 14.2. The van der Waals surface area contributed by atoms with Crippen LogP contribution in [0.15, 0.2) is 41.1 Å². The quantitative estimate of drug-likeness (QED) is 0.426.